The van der Waals surface area contributed by atoms with Gasteiger partial charge in [-0.1, -0.05) is 174 Å². The van der Waals surface area contributed by atoms with Crippen LogP contribution < -0.4 is 25.5 Å². The monoisotopic (exact) mass is 999 g/mol. The summed E-state index contributed by atoms with van der Waals surface area (Å²) in [5.41, 5.74) is 26.2. The highest BCUT2D eigenvalue weighted by Gasteiger charge is 2.53. The van der Waals surface area contributed by atoms with E-state index in [1.807, 2.05) is 0 Å². The Morgan fingerprint density at radius 2 is 0.892 bits per heavy atom. The minimum Gasteiger partial charge on any atom is -0.311 e. The van der Waals surface area contributed by atoms with Crippen LogP contribution >= 0.6 is 11.3 Å². The van der Waals surface area contributed by atoms with Crippen LogP contribution in [0.25, 0.3) is 11.1 Å². The molecule has 0 spiro atoms. The molecule has 0 unspecified atom stereocenters. The van der Waals surface area contributed by atoms with E-state index in [0.717, 1.165) is 0 Å². The van der Waals surface area contributed by atoms with Gasteiger partial charge in [0.1, 0.15) is 0 Å². The van der Waals surface area contributed by atoms with E-state index in [4.69, 9.17) is 0 Å². The highest BCUT2D eigenvalue weighted by atomic mass is 32.1. The van der Waals surface area contributed by atoms with E-state index >= 15 is 0 Å². The number of nitrogens with zero attached hydrogens (tertiary/aromatic N) is 2. The summed E-state index contributed by atoms with van der Waals surface area (Å²) in [5, 5.41) is 0. The minimum atomic E-state index is -0.123. The average molecular weight is 999 g/mol. The predicted molar refractivity (Wildman–Crippen MR) is 324 cm³/mol. The van der Waals surface area contributed by atoms with Crippen molar-refractivity contribution in [3.8, 4) is 11.1 Å². The fourth-order valence-corrected chi connectivity index (χ4v) is 16.9. The molecule has 0 bridgehead atoms. The van der Waals surface area contributed by atoms with Gasteiger partial charge in [-0.05, 0) is 204 Å². The summed E-state index contributed by atoms with van der Waals surface area (Å²) >= 11 is 2.18. The molecule has 386 valence electrons. The lowest BCUT2D eigenvalue weighted by molar-refractivity contribution is 0.332. The van der Waals surface area contributed by atoms with E-state index in [9.17, 15) is 0 Å². The van der Waals surface area contributed by atoms with Crippen molar-refractivity contribution in [2.24, 2.45) is 0 Å². The summed E-state index contributed by atoms with van der Waals surface area (Å²) in [6.07, 6.45) is 9.48. The Morgan fingerprint density at radius 1 is 0.432 bits per heavy atom. The van der Waals surface area contributed by atoms with Crippen molar-refractivity contribution in [1.82, 2.24) is 0 Å². The third-order valence-corrected chi connectivity index (χ3v) is 22.4. The smallest absolute Gasteiger partial charge is 0.264 e. The molecule has 6 aromatic rings. The molecule has 74 heavy (non-hydrogen) atoms. The van der Waals surface area contributed by atoms with E-state index in [0.29, 0.717) is 0 Å². The van der Waals surface area contributed by atoms with Crippen LogP contribution in [0.5, 0.6) is 0 Å². The van der Waals surface area contributed by atoms with E-state index < -0.39 is 0 Å². The van der Waals surface area contributed by atoms with Gasteiger partial charge < -0.3 is 9.80 Å². The average Bonchev–Trinajstić information content (AvgIpc) is 3.75. The standard InChI is InChI=1S/C70H87BN2S/c1-62(2,3)43-35-55-58-56(36-43)73(53-40-50-48(65(8,9)29-31-67(50,12)13)38-45(53)42-23-21-20-22-24-42)54-41-51-49(66(10,11)30-32-68(51,14)15)39-52(54)71(58)61-59(57-60(74-61)70(18,19)34-33-69(57,16)17)72(55)44-25-26-46-47(37-44)64(6,7)28-27-63(46,4)5/h20-26,35-41H,27-34H2,1-19H3. The van der Waals surface area contributed by atoms with Crippen molar-refractivity contribution in [2.75, 3.05) is 9.80 Å². The Morgan fingerprint density at radius 3 is 1.45 bits per heavy atom. The predicted octanol–water partition coefficient (Wildman–Crippen LogP) is 18.2. The molecule has 6 aliphatic rings. The van der Waals surface area contributed by atoms with Crippen molar-refractivity contribution >= 4 is 67.9 Å². The third-order valence-electron chi connectivity index (χ3n) is 20.8. The van der Waals surface area contributed by atoms with Gasteiger partial charge in [0.2, 0.25) is 0 Å². The zero-order valence-corrected chi connectivity index (χ0v) is 49.9. The van der Waals surface area contributed by atoms with Crippen LogP contribution in [0.3, 0.4) is 0 Å². The summed E-state index contributed by atoms with van der Waals surface area (Å²) in [6.45, 7) is 47.7. The summed E-state index contributed by atoms with van der Waals surface area (Å²) in [5.74, 6) is 0. The van der Waals surface area contributed by atoms with Crippen LogP contribution in [0.4, 0.5) is 34.1 Å². The van der Waals surface area contributed by atoms with Gasteiger partial charge in [0.05, 0.1) is 11.4 Å². The van der Waals surface area contributed by atoms with Crippen LogP contribution in [0.1, 0.15) is 232 Å². The Bertz CT molecular complexity index is 3340. The molecular weight excluding hydrogens is 912 g/mol. The molecule has 0 fully saturated rings. The van der Waals surface area contributed by atoms with Gasteiger partial charge >= 0.3 is 0 Å². The largest absolute Gasteiger partial charge is 0.311 e. The number of rotatable bonds is 3. The molecule has 4 heteroatoms. The first-order valence-electron chi connectivity index (χ1n) is 28.8. The first-order valence-corrected chi connectivity index (χ1v) is 29.6. The van der Waals surface area contributed by atoms with Gasteiger partial charge in [0.15, 0.2) is 0 Å². The number of hydrogen-bond acceptors (Lipinski definition) is 3. The van der Waals surface area contributed by atoms with Crippen LogP contribution in [-0.2, 0) is 48.7 Å². The highest BCUT2D eigenvalue weighted by molar-refractivity contribution is 7.29. The maximum absolute atomic E-state index is 2.85. The van der Waals surface area contributed by atoms with E-state index in [-0.39, 0.29) is 55.4 Å². The van der Waals surface area contributed by atoms with E-state index in [2.05, 4.69) is 238 Å². The van der Waals surface area contributed by atoms with Crippen LogP contribution in [0.15, 0.2) is 84.9 Å². The first-order chi connectivity index (χ1) is 34.3. The molecule has 2 nitrogen and oxygen atoms in total. The Hall–Kier alpha value is -4.54. The Kier molecular flexibility index (Phi) is 10.6. The lowest BCUT2D eigenvalue weighted by Gasteiger charge is -2.49. The lowest BCUT2D eigenvalue weighted by Crippen LogP contribution is -2.61. The van der Waals surface area contributed by atoms with E-state index in [1.165, 1.54) is 146 Å². The fourth-order valence-electron chi connectivity index (χ4n) is 15.1. The molecule has 4 aliphatic carbocycles. The molecular formula is C70H87BN2S. The van der Waals surface area contributed by atoms with Crippen LogP contribution in [0, 0.1) is 0 Å². The van der Waals surface area contributed by atoms with Gasteiger partial charge in [-0.2, -0.15) is 11.3 Å². The van der Waals surface area contributed by atoms with Gasteiger partial charge in [0.25, 0.3) is 6.71 Å². The number of fused-ring (bicyclic) bond motifs is 9. The molecule has 0 radical (unpaired) electrons. The van der Waals surface area contributed by atoms with Gasteiger partial charge in [-0.3, -0.25) is 0 Å². The molecule has 1 aromatic heterocycles. The molecule has 0 N–H and O–H groups in total. The van der Waals surface area contributed by atoms with Gasteiger partial charge in [-0.15, -0.1) is 0 Å². The van der Waals surface area contributed by atoms with E-state index in [1.54, 1.807) is 16.0 Å². The summed E-state index contributed by atoms with van der Waals surface area (Å²) in [6, 6.07) is 35.4. The van der Waals surface area contributed by atoms with Crippen LogP contribution in [-0.4, -0.2) is 6.71 Å². The minimum absolute atomic E-state index is 0.00429. The maximum Gasteiger partial charge on any atom is 0.264 e. The quantitative estimate of drug-likeness (QED) is 0.163. The number of benzene rings is 5. The maximum atomic E-state index is 2.85. The van der Waals surface area contributed by atoms with Crippen molar-refractivity contribution in [3.05, 3.63) is 134 Å². The fraction of sp³-hybridized carbons (Fsp3) is 0.514. The summed E-state index contributed by atoms with van der Waals surface area (Å²) < 4.78 is 1.54. The number of thiophene rings is 1. The normalized spacial score (nSPS) is 22.3. The molecule has 0 saturated heterocycles. The molecule has 2 aliphatic heterocycles. The van der Waals surface area contributed by atoms with Crippen molar-refractivity contribution < 1.29 is 0 Å². The second kappa shape index (κ2) is 15.6. The molecule has 12 rings (SSSR count). The zero-order valence-electron chi connectivity index (χ0n) is 49.1. The number of hydrogen-bond donors (Lipinski definition) is 0. The van der Waals surface area contributed by atoms with Gasteiger partial charge in [-0.25, -0.2) is 0 Å². The second-order valence-corrected chi connectivity index (χ2v) is 31.9. The first kappa shape index (κ1) is 50.3. The topological polar surface area (TPSA) is 6.48 Å². The third kappa shape index (κ3) is 7.27. The van der Waals surface area contributed by atoms with Crippen molar-refractivity contribution in [3.63, 3.8) is 0 Å². The molecule has 5 aromatic carbocycles. The summed E-state index contributed by atoms with van der Waals surface area (Å²) in [4.78, 5) is 7.28. The van der Waals surface area contributed by atoms with Crippen molar-refractivity contribution in [2.45, 2.75) is 232 Å². The molecule has 0 saturated carbocycles. The summed E-state index contributed by atoms with van der Waals surface area (Å²) in [7, 11) is 0. The SMILES string of the molecule is CC(C)(C)c1cc2c3c(c1)N(c1ccc4c(c1)C(C)(C)CCC4(C)C)c1c(sc4c1C(C)(C)CCC4(C)C)B3c1cc3c(cc1N2c1cc2c(cc1-c1ccccc1)C(C)(C)CCC2(C)C)C(C)(C)CCC3(C)C. The second-order valence-electron chi connectivity index (χ2n) is 30.8. The molecule has 0 atom stereocenters. The zero-order chi connectivity index (χ0) is 53.0. The van der Waals surface area contributed by atoms with Crippen molar-refractivity contribution in [1.29, 1.82) is 0 Å². The van der Waals surface area contributed by atoms with Gasteiger partial charge in [0, 0.05) is 38.0 Å². The van der Waals surface area contributed by atoms with Crippen LogP contribution in [0.2, 0.25) is 0 Å². The Labute approximate surface area is 452 Å². The number of anilines is 6. The lowest BCUT2D eigenvalue weighted by atomic mass is 9.35. The Balaban J connectivity index is 1.28. The highest BCUT2D eigenvalue weighted by Crippen LogP contribution is 2.60. The molecule has 0 amide bonds. The molecule has 3 heterocycles.